The second-order valence-electron chi connectivity index (χ2n) is 8.60. The van der Waals surface area contributed by atoms with Gasteiger partial charge in [0.1, 0.15) is 17.2 Å². The van der Waals surface area contributed by atoms with E-state index >= 15 is 0 Å². The number of aryl methyl sites for hydroxylation is 1. The standard InChI is InChI=1S/C24H36N4O/c1-7-28(8-2)16-12-13-17(3)25-22-20-21(19-14-10-9-11-15-19)24(5,6)29-23(20)27-18(4)26-22/h9-11,14-15,17,21H,7-8,12-13,16H2,1-6H3,(H,25,26,27)/t17-,21-/m0/s1. The SMILES string of the molecule is CCN(CC)CCC[C@H](C)Nc1nc(C)nc2c1[C@H](c1ccccc1)C(C)(C)O2. The Balaban J connectivity index is 1.83. The van der Waals surface area contributed by atoms with E-state index < -0.39 is 0 Å². The smallest absolute Gasteiger partial charge is 0.223 e. The summed E-state index contributed by atoms with van der Waals surface area (Å²) in [6.07, 6.45) is 2.28. The largest absolute Gasteiger partial charge is 0.470 e. The molecule has 1 aliphatic rings. The van der Waals surface area contributed by atoms with Gasteiger partial charge in [0.25, 0.3) is 0 Å². The lowest BCUT2D eigenvalue weighted by molar-refractivity contribution is 0.117. The molecule has 29 heavy (non-hydrogen) atoms. The topological polar surface area (TPSA) is 50.3 Å². The van der Waals surface area contributed by atoms with Gasteiger partial charge in [-0.25, -0.2) is 4.98 Å². The number of hydrogen-bond donors (Lipinski definition) is 1. The first-order valence-electron chi connectivity index (χ1n) is 11.0. The third-order valence-corrected chi connectivity index (χ3v) is 5.89. The number of rotatable bonds is 9. The minimum absolute atomic E-state index is 0.102. The van der Waals surface area contributed by atoms with Gasteiger partial charge < -0.3 is 15.0 Å². The summed E-state index contributed by atoms with van der Waals surface area (Å²) in [6, 6.07) is 10.9. The van der Waals surface area contributed by atoms with Crippen LogP contribution in [0.4, 0.5) is 5.82 Å². The molecule has 0 bridgehead atoms. The molecule has 0 saturated carbocycles. The Kier molecular flexibility index (Phi) is 6.78. The van der Waals surface area contributed by atoms with E-state index in [1.165, 1.54) is 12.0 Å². The number of fused-ring (bicyclic) bond motifs is 1. The Bertz CT molecular complexity index is 802. The molecule has 1 N–H and O–H groups in total. The maximum atomic E-state index is 6.31. The van der Waals surface area contributed by atoms with Crippen molar-refractivity contribution in [3.05, 3.63) is 47.3 Å². The number of ether oxygens (including phenoxy) is 1. The molecule has 3 rings (SSSR count). The first-order valence-corrected chi connectivity index (χ1v) is 11.0. The van der Waals surface area contributed by atoms with Crippen molar-refractivity contribution in [1.29, 1.82) is 0 Å². The maximum Gasteiger partial charge on any atom is 0.223 e. The Morgan fingerprint density at radius 3 is 2.48 bits per heavy atom. The maximum absolute atomic E-state index is 6.31. The van der Waals surface area contributed by atoms with E-state index in [0.29, 0.717) is 11.9 Å². The van der Waals surface area contributed by atoms with Crippen molar-refractivity contribution in [2.24, 2.45) is 0 Å². The predicted octanol–water partition coefficient (Wildman–Crippen LogP) is 5.01. The lowest BCUT2D eigenvalue weighted by Crippen LogP contribution is -2.31. The molecule has 5 heteroatoms. The lowest BCUT2D eigenvalue weighted by Gasteiger charge is -2.27. The summed E-state index contributed by atoms with van der Waals surface area (Å²) in [7, 11) is 0. The fourth-order valence-corrected chi connectivity index (χ4v) is 4.34. The van der Waals surface area contributed by atoms with Gasteiger partial charge in [-0.3, -0.25) is 0 Å². The molecular formula is C24H36N4O. The zero-order valence-corrected chi connectivity index (χ0v) is 18.8. The van der Waals surface area contributed by atoms with Gasteiger partial charge in [0.05, 0.1) is 11.5 Å². The highest BCUT2D eigenvalue weighted by atomic mass is 16.5. The van der Waals surface area contributed by atoms with Crippen LogP contribution in [0.25, 0.3) is 0 Å². The van der Waals surface area contributed by atoms with Gasteiger partial charge in [0.15, 0.2) is 0 Å². The molecule has 0 radical (unpaired) electrons. The molecule has 0 aliphatic carbocycles. The quantitative estimate of drug-likeness (QED) is 0.646. The average molecular weight is 397 g/mol. The highest BCUT2D eigenvalue weighted by molar-refractivity contribution is 5.59. The van der Waals surface area contributed by atoms with Crippen LogP contribution in [0.15, 0.2) is 30.3 Å². The van der Waals surface area contributed by atoms with Crippen molar-refractivity contribution in [2.75, 3.05) is 25.0 Å². The third-order valence-electron chi connectivity index (χ3n) is 5.89. The first kappa shape index (κ1) is 21.6. The summed E-state index contributed by atoms with van der Waals surface area (Å²) >= 11 is 0. The molecule has 0 fully saturated rings. The molecule has 2 aromatic rings. The lowest BCUT2D eigenvalue weighted by atomic mass is 9.81. The molecule has 2 heterocycles. The monoisotopic (exact) mass is 396 g/mol. The number of aromatic nitrogens is 2. The first-order chi connectivity index (χ1) is 13.9. The summed E-state index contributed by atoms with van der Waals surface area (Å²) in [6.45, 7) is 16.3. The van der Waals surface area contributed by atoms with Gasteiger partial charge in [-0.05, 0) is 65.7 Å². The summed E-state index contributed by atoms with van der Waals surface area (Å²) in [5, 5.41) is 3.68. The fourth-order valence-electron chi connectivity index (χ4n) is 4.34. The van der Waals surface area contributed by atoms with E-state index in [1.54, 1.807) is 0 Å². The van der Waals surface area contributed by atoms with E-state index in [2.05, 4.69) is 80.2 Å². The van der Waals surface area contributed by atoms with Crippen molar-refractivity contribution >= 4 is 5.82 Å². The highest BCUT2D eigenvalue weighted by Crippen LogP contribution is 2.49. The minimum atomic E-state index is -0.366. The number of nitrogens with one attached hydrogen (secondary N) is 1. The van der Waals surface area contributed by atoms with Crippen LogP contribution in [-0.4, -0.2) is 46.1 Å². The molecule has 0 amide bonds. The average Bonchev–Trinajstić information content (AvgIpc) is 2.95. The van der Waals surface area contributed by atoms with Crippen LogP contribution in [0.5, 0.6) is 5.88 Å². The molecule has 0 unspecified atom stereocenters. The number of hydrogen-bond acceptors (Lipinski definition) is 5. The molecule has 2 atom stereocenters. The highest BCUT2D eigenvalue weighted by Gasteiger charge is 2.45. The molecule has 1 aromatic heterocycles. The van der Waals surface area contributed by atoms with Crippen LogP contribution >= 0.6 is 0 Å². The van der Waals surface area contributed by atoms with E-state index in [-0.39, 0.29) is 11.5 Å². The fraction of sp³-hybridized carbons (Fsp3) is 0.583. The summed E-state index contributed by atoms with van der Waals surface area (Å²) in [5.74, 6) is 2.48. The minimum Gasteiger partial charge on any atom is -0.470 e. The second-order valence-corrected chi connectivity index (χ2v) is 8.60. The summed E-state index contributed by atoms with van der Waals surface area (Å²) in [5.41, 5.74) is 1.96. The molecule has 0 saturated heterocycles. The zero-order chi connectivity index (χ0) is 21.0. The van der Waals surface area contributed by atoms with Crippen LogP contribution < -0.4 is 10.1 Å². The molecular weight excluding hydrogens is 360 g/mol. The Morgan fingerprint density at radius 1 is 1.14 bits per heavy atom. The van der Waals surface area contributed by atoms with E-state index in [9.17, 15) is 0 Å². The van der Waals surface area contributed by atoms with E-state index in [0.717, 1.165) is 43.3 Å². The number of nitrogens with zero attached hydrogens (tertiary/aromatic N) is 3. The van der Waals surface area contributed by atoms with Crippen LogP contribution in [-0.2, 0) is 0 Å². The summed E-state index contributed by atoms with van der Waals surface area (Å²) in [4.78, 5) is 11.9. The van der Waals surface area contributed by atoms with Gasteiger partial charge in [0, 0.05) is 6.04 Å². The van der Waals surface area contributed by atoms with Crippen molar-refractivity contribution < 1.29 is 4.74 Å². The van der Waals surface area contributed by atoms with Crippen molar-refractivity contribution in [3.63, 3.8) is 0 Å². The van der Waals surface area contributed by atoms with Crippen molar-refractivity contribution in [1.82, 2.24) is 14.9 Å². The zero-order valence-electron chi connectivity index (χ0n) is 18.8. The van der Waals surface area contributed by atoms with Gasteiger partial charge in [-0.2, -0.15) is 4.98 Å². The van der Waals surface area contributed by atoms with Crippen LogP contribution in [0.3, 0.4) is 0 Å². The molecule has 0 spiro atoms. The summed E-state index contributed by atoms with van der Waals surface area (Å²) < 4.78 is 6.31. The van der Waals surface area contributed by atoms with E-state index in [4.69, 9.17) is 9.72 Å². The van der Waals surface area contributed by atoms with Gasteiger partial charge in [-0.1, -0.05) is 44.2 Å². The van der Waals surface area contributed by atoms with Gasteiger partial charge in [0.2, 0.25) is 5.88 Å². The van der Waals surface area contributed by atoms with E-state index in [1.807, 2.05) is 6.92 Å². The normalized spacial score (nSPS) is 18.4. The van der Waals surface area contributed by atoms with Crippen molar-refractivity contribution in [2.45, 2.75) is 71.9 Å². The van der Waals surface area contributed by atoms with Gasteiger partial charge in [-0.15, -0.1) is 0 Å². The molecule has 5 nitrogen and oxygen atoms in total. The van der Waals surface area contributed by atoms with Crippen LogP contribution in [0.1, 0.15) is 70.3 Å². The molecule has 1 aliphatic heterocycles. The molecule has 1 aromatic carbocycles. The van der Waals surface area contributed by atoms with Crippen LogP contribution in [0, 0.1) is 6.92 Å². The number of anilines is 1. The predicted molar refractivity (Wildman–Crippen MR) is 120 cm³/mol. The third kappa shape index (κ3) is 4.89. The number of benzene rings is 1. The Labute approximate surface area is 175 Å². The van der Waals surface area contributed by atoms with Crippen molar-refractivity contribution in [3.8, 4) is 5.88 Å². The molecule has 158 valence electrons. The Hall–Kier alpha value is -2.14. The van der Waals surface area contributed by atoms with Gasteiger partial charge >= 0.3 is 0 Å². The second kappa shape index (κ2) is 9.12. The van der Waals surface area contributed by atoms with Crippen LogP contribution in [0.2, 0.25) is 0 Å². The Morgan fingerprint density at radius 2 is 1.83 bits per heavy atom.